The van der Waals surface area contributed by atoms with Gasteiger partial charge in [-0.15, -0.1) is 0 Å². The van der Waals surface area contributed by atoms with E-state index in [9.17, 15) is 18.8 Å². The lowest BCUT2D eigenvalue weighted by molar-refractivity contribution is -0.114. The van der Waals surface area contributed by atoms with E-state index in [2.05, 4.69) is 15.7 Å². The summed E-state index contributed by atoms with van der Waals surface area (Å²) in [5, 5.41) is 10.1. The predicted octanol–water partition coefficient (Wildman–Crippen LogP) is 3.16. The third-order valence-corrected chi connectivity index (χ3v) is 4.05. The van der Waals surface area contributed by atoms with Crippen LogP contribution in [0.2, 0.25) is 0 Å². The van der Waals surface area contributed by atoms with Crippen LogP contribution in [0.5, 0.6) is 0 Å². The number of hydrogen-bond acceptors (Lipinski definition) is 4. The lowest BCUT2D eigenvalue weighted by atomic mass is 10.1. The van der Waals surface area contributed by atoms with Crippen molar-refractivity contribution in [2.24, 2.45) is 0 Å². The molecular formula is C20H19FN4O3. The molecule has 0 atom stereocenters. The van der Waals surface area contributed by atoms with Crippen LogP contribution in [-0.4, -0.2) is 21.6 Å². The van der Waals surface area contributed by atoms with E-state index in [0.717, 1.165) is 6.07 Å². The number of rotatable bonds is 5. The van der Waals surface area contributed by atoms with Gasteiger partial charge in [0.25, 0.3) is 11.5 Å². The molecule has 1 heterocycles. The molecule has 8 heteroatoms. The molecule has 0 aliphatic rings. The second-order valence-corrected chi connectivity index (χ2v) is 6.25. The summed E-state index contributed by atoms with van der Waals surface area (Å²) in [6.45, 7) is 3.55. The maximum Gasteiger partial charge on any atom is 0.276 e. The van der Waals surface area contributed by atoms with Gasteiger partial charge in [0.1, 0.15) is 5.82 Å². The maximum atomic E-state index is 13.8. The third-order valence-electron chi connectivity index (χ3n) is 4.05. The van der Waals surface area contributed by atoms with Crippen LogP contribution in [0.4, 0.5) is 15.8 Å². The Morgan fingerprint density at radius 2 is 1.82 bits per heavy atom. The normalized spacial score (nSPS) is 10.7. The molecule has 3 rings (SSSR count). The molecular weight excluding hydrogens is 363 g/mol. The number of benzene rings is 2. The fourth-order valence-electron chi connectivity index (χ4n) is 2.84. The minimum Gasteiger partial charge on any atom is -0.324 e. The number of amides is 2. The van der Waals surface area contributed by atoms with Crippen LogP contribution in [-0.2, 0) is 11.3 Å². The van der Waals surface area contributed by atoms with Crippen molar-refractivity contribution in [3.05, 3.63) is 64.3 Å². The lowest BCUT2D eigenvalue weighted by Crippen LogP contribution is -2.27. The molecule has 144 valence electrons. The van der Waals surface area contributed by atoms with Crippen LogP contribution in [0.25, 0.3) is 10.8 Å². The lowest BCUT2D eigenvalue weighted by Gasteiger charge is -2.12. The van der Waals surface area contributed by atoms with E-state index in [0.29, 0.717) is 23.7 Å². The van der Waals surface area contributed by atoms with Gasteiger partial charge in [0, 0.05) is 24.5 Å². The van der Waals surface area contributed by atoms with Gasteiger partial charge in [0.2, 0.25) is 5.91 Å². The van der Waals surface area contributed by atoms with Gasteiger partial charge in [0.05, 0.1) is 11.1 Å². The maximum absolute atomic E-state index is 13.8. The van der Waals surface area contributed by atoms with Crippen LogP contribution in [0.15, 0.2) is 47.3 Å². The van der Waals surface area contributed by atoms with E-state index in [1.165, 1.54) is 23.7 Å². The molecule has 0 aliphatic carbocycles. The standard InChI is InChI=1S/C20H19FN4O3/c1-3-10-25-20(28)15-7-5-4-6-14(15)18(24-25)19(27)23-13-8-9-16(21)17(11-13)22-12(2)26/h4-9,11H,3,10H2,1-2H3,(H,22,26)(H,23,27). The quantitative estimate of drug-likeness (QED) is 0.709. The Kier molecular flexibility index (Phi) is 5.49. The summed E-state index contributed by atoms with van der Waals surface area (Å²) in [7, 11) is 0. The molecule has 0 aliphatic heterocycles. The molecule has 1 aromatic heterocycles. The summed E-state index contributed by atoms with van der Waals surface area (Å²) < 4.78 is 15.1. The molecule has 7 nitrogen and oxygen atoms in total. The highest BCUT2D eigenvalue weighted by Crippen LogP contribution is 2.21. The first-order valence-corrected chi connectivity index (χ1v) is 8.79. The molecule has 0 bridgehead atoms. The van der Waals surface area contributed by atoms with Gasteiger partial charge in [-0.1, -0.05) is 25.1 Å². The second kappa shape index (κ2) is 7.99. The molecule has 0 radical (unpaired) electrons. The van der Waals surface area contributed by atoms with E-state index in [1.54, 1.807) is 24.3 Å². The van der Waals surface area contributed by atoms with Crippen molar-refractivity contribution >= 4 is 34.0 Å². The van der Waals surface area contributed by atoms with Gasteiger partial charge in [-0.05, 0) is 30.7 Å². The minimum atomic E-state index is -0.617. The molecule has 0 unspecified atom stereocenters. The smallest absolute Gasteiger partial charge is 0.276 e. The number of carbonyl (C=O) groups excluding carboxylic acids is 2. The minimum absolute atomic E-state index is 0.0425. The Balaban J connectivity index is 2.01. The summed E-state index contributed by atoms with van der Waals surface area (Å²) >= 11 is 0. The van der Waals surface area contributed by atoms with Crippen LogP contribution < -0.4 is 16.2 Å². The highest BCUT2D eigenvalue weighted by molar-refractivity contribution is 6.11. The van der Waals surface area contributed by atoms with E-state index >= 15 is 0 Å². The van der Waals surface area contributed by atoms with Crippen LogP contribution in [0, 0.1) is 5.82 Å². The summed E-state index contributed by atoms with van der Waals surface area (Å²) in [6.07, 6.45) is 0.685. The number of anilines is 2. The van der Waals surface area contributed by atoms with E-state index in [1.807, 2.05) is 6.92 Å². The first-order chi connectivity index (χ1) is 13.4. The Hall–Kier alpha value is -3.55. The highest BCUT2D eigenvalue weighted by Gasteiger charge is 2.17. The van der Waals surface area contributed by atoms with Crippen molar-refractivity contribution in [2.45, 2.75) is 26.8 Å². The summed E-state index contributed by atoms with van der Waals surface area (Å²) in [5.41, 5.74) is 0.0751. The number of carbonyl (C=O) groups is 2. The summed E-state index contributed by atoms with van der Waals surface area (Å²) in [4.78, 5) is 36.6. The molecule has 2 N–H and O–H groups in total. The monoisotopic (exact) mass is 382 g/mol. The molecule has 0 saturated heterocycles. The predicted molar refractivity (Wildman–Crippen MR) is 105 cm³/mol. The summed E-state index contributed by atoms with van der Waals surface area (Å²) in [5.74, 6) is -1.59. The van der Waals surface area contributed by atoms with Crippen molar-refractivity contribution < 1.29 is 14.0 Å². The van der Waals surface area contributed by atoms with Gasteiger partial charge < -0.3 is 10.6 Å². The van der Waals surface area contributed by atoms with Gasteiger partial charge >= 0.3 is 0 Å². The second-order valence-electron chi connectivity index (χ2n) is 6.25. The van der Waals surface area contributed by atoms with E-state index in [4.69, 9.17) is 0 Å². The van der Waals surface area contributed by atoms with E-state index < -0.39 is 17.6 Å². The molecule has 0 fully saturated rings. The molecule has 0 spiro atoms. The first-order valence-electron chi connectivity index (χ1n) is 8.79. The number of hydrogen-bond donors (Lipinski definition) is 2. The zero-order chi connectivity index (χ0) is 20.3. The third kappa shape index (κ3) is 3.90. The summed E-state index contributed by atoms with van der Waals surface area (Å²) in [6, 6.07) is 10.6. The zero-order valence-electron chi connectivity index (χ0n) is 15.5. The van der Waals surface area contributed by atoms with Gasteiger partial charge in [-0.25, -0.2) is 9.07 Å². The van der Waals surface area contributed by atoms with Gasteiger partial charge in [-0.3, -0.25) is 14.4 Å². The average Bonchev–Trinajstić information content (AvgIpc) is 2.66. The topological polar surface area (TPSA) is 93.1 Å². The Bertz CT molecular complexity index is 1120. The fourth-order valence-corrected chi connectivity index (χ4v) is 2.84. The number of aromatic nitrogens is 2. The largest absolute Gasteiger partial charge is 0.324 e. The van der Waals surface area contributed by atoms with Crippen LogP contribution >= 0.6 is 0 Å². The Morgan fingerprint density at radius 1 is 1.11 bits per heavy atom. The van der Waals surface area contributed by atoms with Crippen LogP contribution in [0.3, 0.4) is 0 Å². The fraction of sp³-hybridized carbons (Fsp3) is 0.200. The highest BCUT2D eigenvalue weighted by atomic mass is 19.1. The number of aryl methyl sites for hydroxylation is 1. The molecule has 3 aromatic rings. The zero-order valence-corrected chi connectivity index (χ0v) is 15.5. The van der Waals surface area contributed by atoms with E-state index in [-0.39, 0.29) is 22.6 Å². The first kappa shape index (κ1) is 19.2. The Morgan fingerprint density at radius 3 is 2.50 bits per heavy atom. The molecule has 0 saturated carbocycles. The number of fused-ring (bicyclic) bond motifs is 1. The van der Waals surface area contributed by atoms with Gasteiger partial charge in [0.15, 0.2) is 5.69 Å². The van der Waals surface area contributed by atoms with Crippen molar-refractivity contribution in [3.63, 3.8) is 0 Å². The van der Waals surface area contributed by atoms with Crippen molar-refractivity contribution in [2.75, 3.05) is 10.6 Å². The van der Waals surface area contributed by atoms with Crippen molar-refractivity contribution in [1.82, 2.24) is 9.78 Å². The average molecular weight is 382 g/mol. The van der Waals surface area contributed by atoms with Crippen molar-refractivity contribution in [1.29, 1.82) is 0 Å². The van der Waals surface area contributed by atoms with Crippen molar-refractivity contribution in [3.8, 4) is 0 Å². The Labute approximate surface area is 160 Å². The molecule has 2 amide bonds. The SMILES string of the molecule is CCCn1nc(C(=O)Nc2ccc(F)c(NC(C)=O)c2)c2ccccc2c1=O. The number of halogens is 1. The molecule has 2 aromatic carbocycles. The van der Waals surface area contributed by atoms with Crippen LogP contribution in [0.1, 0.15) is 30.8 Å². The number of nitrogens with one attached hydrogen (secondary N) is 2. The van der Waals surface area contributed by atoms with Gasteiger partial charge in [-0.2, -0.15) is 5.10 Å². The molecule has 28 heavy (non-hydrogen) atoms. The number of nitrogens with zero attached hydrogens (tertiary/aromatic N) is 2.